The van der Waals surface area contributed by atoms with Crippen molar-refractivity contribution in [3.8, 4) is 0 Å². The van der Waals surface area contributed by atoms with E-state index in [4.69, 9.17) is 5.73 Å². The summed E-state index contributed by atoms with van der Waals surface area (Å²) in [6.07, 6.45) is 1.84. The van der Waals surface area contributed by atoms with Crippen molar-refractivity contribution in [1.29, 1.82) is 0 Å². The highest BCUT2D eigenvalue weighted by atomic mass is 16.5. The fourth-order valence-corrected chi connectivity index (χ4v) is 1.09. The first-order valence-corrected chi connectivity index (χ1v) is 4.30. The van der Waals surface area contributed by atoms with Gasteiger partial charge in [-0.1, -0.05) is 13.3 Å². The van der Waals surface area contributed by atoms with Gasteiger partial charge in [-0.05, 0) is 20.3 Å². The molecule has 1 unspecified atom stereocenters. The second kappa shape index (κ2) is 4.45. The van der Waals surface area contributed by atoms with Crippen molar-refractivity contribution in [1.82, 2.24) is 0 Å². The zero-order valence-corrected chi connectivity index (χ0v) is 8.39. The molecular formula is C9H19NO2. The van der Waals surface area contributed by atoms with E-state index in [1.54, 1.807) is 0 Å². The number of hydrogen-bond acceptors (Lipinski definition) is 3. The van der Waals surface area contributed by atoms with Gasteiger partial charge in [0.05, 0.1) is 12.5 Å². The van der Waals surface area contributed by atoms with E-state index >= 15 is 0 Å². The van der Waals surface area contributed by atoms with Gasteiger partial charge in [-0.25, -0.2) is 0 Å². The largest absolute Gasteiger partial charge is 0.469 e. The van der Waals surface area contributed by atoms with Crippen LogP contribution < -0.4 is 5.73 Å². The minimum Gasteiger partial charge on any atom is -0.469 e. The summed E-state index contributed by atoms with van der Waals surface area (Å²) < 4.78 is 4.66. The van der Waals surface area contributed by atoms with Crippen molar-refractivity contribution >= 4 is 5.97 Å². The lowest BCUT2D eigenvalue weighted by Crippen LogP contribution is -2.43. The van der Waals surface area contributed by atoms with Gasteiger partial charge in [-0.15, -0.1) is 0 Å². The molecule has 0 aliphatic heterocycles. The molecule has 1 atom stereocenters. The van der Waals surface area contributed by atoms with E-state index in [1.807, 2.05) is 20.8 Å². The molecule has 0 aliphatic rings. The van der Waals surface area contributed by atoms with Crippen LogP contribution in [0.1, 0.15) is 33.6 Å². The molecule has 3 heteroatoms. The molecular weight excluding hydrogens is 154 g/mol. The lowest BCUT2D eigenvalue weighted by molar-refractivity contribution is -0.152. The number of carbonyl (C=O) groups is 1. The zero-order chi connectivity index (χ0) is 9.78. The van der Waals surface area contributed by atoms with Crippen molar-refractivity contribution in [2.75, 3.05) is 7.11 Å². The van der Waals surface area contributed by atoms with Crippen LogP contribution in [-0.4, -0.2) is 19.1 Å². The number of rotatable bonds is 4. The topological polar surface area (TPSA) is 52.3 Å². The lowest BCUT2D eigenvalue weighted by Gasteiger charge is -2.28. The number of carbonyl (C=O) groups excluding carboxylic acids is 1. The summed E-state index contributed by atoms with van der Waals surface area (Å²) in [6, 6.07) is -0.116. The van der Waals surface area contributed by atoms with Gasteiger partial charge in [-0.3, -0.25) is 4.79 Å². The summed E-state index contributed by atoms with van der Waals surface area (Å²) in [5.74, 6) is -0.233. The Labute approximate surface area is 74.3 Å². The summed E-state index contributed by atoms with van der Waals surface area (Å²) in [6.45, 7) is 5.69. The molecule has 72 valence electrons. The molecule has 0 saturated carbocycles. The maximum Gasteiger partial charge on any atom is 0.312 e. The third-order valence-electron chi connectivity index (χ3n) is 2.24. The molecule has 0 saturated heterocycles. The van der Waals surface area contributed by atoms with Crippen molar-refractivity contribution < 1.29 is 9.53 Å². The van der Waals surface area contributed by atoms with Gasteiger partial charge in [-0.2, -0.15) is 0 Å². The van der Waals surface area contributed by atoms with Crippen molar-refractivity contribution in [2.45, 2.75) is 39.7 Å². The summed E-state index contributed by atoms with van der Waals surface area (Å²) >= 11 is 0. The van der Waals surface area contributed by atoms with Crippen LogP contribution in [0.25, 0.3) is 0 Å². The van der Waals surface area contributed by atoms with Crippen LogP contribution in [0.2, 0.25) is 0 Å². The van der Waals surface area contributed by atoms with E-state index in [1.165, 1.54) is 7.11 Å². The van der Waals surface area contributed by atoms with Gasteiger partial charge in [0.1, 0.15) is 0 Å². The first kappa shape index (κ1) is 11.4. The standard InChI is InChI=1S/C9H19NO2/c1-5-6-7(10)9(2,3)8(11)12-4/h7H,5-6,10H2,1-4H3. The monoisotopic (exact) mass is 173 g/mol. The molecule has 0 bridgehead atoms. The van der Waals surface area contributed by atoms with E-state index in [9.17, 15) is 4.79 Å². The van der Waals surface area contributed by atoms with Crippen LogP contribution in [0, 0.1) is 5.41 Å². The number of hydrogen-bond donors (Lipinski definition) is 1. The number of methoxy groups -OCH3 is 1. The summed E-state index contributed by atoms with van der Waals surface area (Å²) in [4.78, 5) is 11.2. The van der Waals surface area contributed by atoms with E-state index in [2.05, 4.69) is 4.74 Å². The van der Waals surface area contributed by atoms with Crippen LogP contribution in [0.15, 0.2) is 0 Å². The number of nitrogens with two attached hydrogens (primary N) is 1. The summed E-state index contributed by atoms with van der Waals surface area (Å²) in [5.41, 5.74) is 5.27. The number of ether oxygens (including phenoxy) is 1. The Morgan fingerprint density at radius 2 is 2.08 bits per heavy atom. The third-order valence-corrected chi connectivity index (χ3v) is 2.24. The van der Waals surface area contributed by atoms with Crippen molar-refractivity contribution in [3.05, 3.63) is 0 Å². The van der Waals surface area contributed by atoms with Gasteiger partial charge in [0.15, 0.2) is 0 Å². The zero-order valence-electron chi connectivity index (χ0n) is 8.39. The van der Waals surface area contributed by atoms with Crippen LogP contribution in [0.3, 0.4) is 0 Å². The molecule has 0 aromatic carbocycles. The molecule has 0 fully saturated rings. The minimum atomic E-state index is -0.565. The molecule has 0 aliphatic carbocycles. The molecule has 0 spiro atoms. The highest BCUT2D eigenvalue weighted by molar-refractivity contribution is 5.76. The Morgan fingerprint density at radius 1 is 1.58 bits per heavy atom. The van der Waals surface area contributed by atoms with Gasteiger partial charge in [0, 0.05) is 6.04 Å². The predicted octanol–water partition coefficient (Wildman–Crippen LogP) is 1.31. The van der Waals surface area contributed by atoms with Gasteiger partial charge in [0.2, 0.25) is 0 Å². The Hall–Kier alpha value is -0.570. The van der Waals surface area contributed by atoms with E-state index in [0.29, 0.717) is 0 Å². The van der Waals surface area contributed by atoms with E-state index in [0.717, 1.165) is 12.8 Å². The average molecular weight is 173 g/mol. The fourth-order valence-electron chi connectivity index (χ4n) is 1.09. The first-order valence-electron chi connectivity index (χ1n) is 4.30. The maximum atomic E-state index is 11.2. The van der Waals surface area contributed by atoms with Gasteiger partial charge in [0.25, 0.3) is 0 Å². The summed E-state index contributed by atoms with van der Waals surface area (Å²) in [7, 11) is 1.39. The quantitative estimate of drug-likeness (QED) is 0.652. The van der Waals surface area contributed by atoms with Crippen LogP contribution in [0.4, 0.5) is 0 Å². The second-order valence-electron chi connectivity index (χ2n) is 3.61. The van der Waals surface area contributed by atoms with Crippen molar-refractivity contribution in [2.24, 2.45) is 11.1 Å². The Balaban J connectivity index is 4.26. The molecule has 0 radical (unpaired) electrons. The molecule has 0 aromatic rings. The third kappa shape index (κ3) is 2.48. The Morgan fingerprint density at radius 3 is 2.42 bits per heavy atom. The smallest absolute Gasteiger partial charge is 0.312 e. The van der Waals surface area contributed by atoms with E-state index in [-0.39, 0.29) is 12.0 Å². The van der Waals surface area contributed by atoms with Crippen molar-refractivity contribution in [3.63, 3.8) is 0 Å². The molecule has 0 rings (SSSR count). The second-order valence-corrected chi connectivity index (χ2v) is 3.61. The van der Waals surface area contributed by atoms with E-state index < -0.39 is 5.41 Å². The molecule has 12 heavy (non-hydrogen) atoms. The first-order chi connectivity index (χ1) is 5.46. The highest BCUT2D eigenvalue weighted by Crippen LogP contribution is 2.23. The molecule has 0 aromatic heterocycles. The maximum absolute atomic E-state index is 11.2. The van der Waals surface area contributed by atoms with Crippen LogP contribution in [-0.2, 0) is 9.53 Å². The minimum absolute atomic E-state index is 0.116. The number of esters is 1. The highest BCUT2D eigenvalue weighted by Gasteiger charge is 2.34. The predicted molar refractivity (Wildman–Crippen MR) is 48.7 cm³/mol. The van der Waals surface area contributed by atoms with Gasteiger partial charge < -0.3 is 10.5 Å². The Bertz CT molecular complexity index is 155. The molecule has 3 nitrogen and oxygen atoms in total. The lowest BCUT2D eigenvalue weighted by atomic mass is 9.83. The fraction of sp³-hybridized carbons (Fsp3) is 0.889. The molecule has 2 N–H and O–H groups in total. The molecule has 0 heterocycles. The van der Waals surface area contributed by atoms with Crippen LogP contribution >= 0.6 is 0 Å². The normalized spacial score (nSPS) is 14.1. The average Bonchev–Trinajstić information content (AvgIpc) is 2.03. The SMILES string of the molecule is CCCC(N)C(C)(C)C(=O)OC. The van der Waals surface area contributed by atoms with Crippen LogP contribution in [0.5, 0.6) is 0 Å². The molecule has 0 amide bonds. The summed E-state index contributed by atoms with van der Waals surface area (Å²) in [5, 5.41) is 0. The van der Waals surface area contributed by atoms with Gasteiger partial charge >= 0.3 is 5.97 Å². The Kier molecular flexibility index (Phi) is 4.24.